The van der Waals surface area contributed by atoms with E-state index in [1.165, 1.54) is 0 Å². The smallest absolute Gasteiger partial charge is 0.194 e. The summed E-state index contributed by atoms with van der Waals surface area (Å²) in [6.45, 7) is 5.24. The summed E-state index contributed by atoms with van der Waals surface area (Å²) in [6, 6.07) is 5.89. The molecule has 19 heavy (non-hydrogen) atoms. The van der Waals surface area contributed by atoms with Gasteiger partial charge in [0.15, 0.2) is 5.96 Å². The maximum atomic E-state index is 5.98. The molecule has 5 heteroatoms. The molecule has 0 aromatic carbocycles. The summed E-state index contributed by atoms with van der Waals surface area (Å²) >= 11 is 0. The van der Waals surface area contributed by atoms with Crippen molar-refractivity contribution in [1.82, 2.24) is 4.98 Å². The average molecular weight is 260 g/mol. The van der Waals surface area contributed by atoms with Crippen LogP contribution in [0.5, 0.6) is 0 Å². The number of aliphatic imine (C=N–C) groups is 1. The van der Waals surface area contributed by atoms with Crippen molar-refractivity contribution >= 4 is 11.8 Å². The summed E-state index contributed by atoms with van der Waals surface area (Å²) in [5.74, 6) is 1.67. The highest BCUT2D eigenvalue weighted by Gasteiger charge is 2.59. The molecule has 3 unspecified atom stereocenters. The van der Waals surface area contributed by atoms with Crippen LogP contribution in [0.25, 0.3) is 0 Å². The van der Waals surface area contributed by atoms with Crippen LogP contribution in [0.1, 0.15) is 20.3 Å². The molecule has 102 valence electrons. The van der Waals surface area contributed by atoms with Crippen LogP contribution in [0.15, 0.2) is 29.4 Å². The molecule has 2 fully saturated rings. The topological polar surface area (TPSA) is 72.5 Å². The molecular formula is C14H20N4O. The van der Waals surface area contributed by atoms with E-state index in [0.29, 0.717) is 18.0 Å². The quantitative estimate of drug-likeness (QED) is 0.626. The fourth-order valence-electron chi connectivity index (χ4n) is 3.31. The molecule has 3 N–H and O–H groups in total. The SMILES string of the molecule is CC1(C)C(N=C(N)Nc2ccccn2)C2CCOC21. The first kappa shape index (κ1) is 12.4. The van der Waals surface area contributed by atoms with Gasteiger partial charge in [0.25, 0.3) is 0 Å². The van der Waals surface area contributed by atoms with Gasteiger partial charge in [0.1, 0.15) is 5.82 Å². The van der Waals surface area contributed by atoms with Gasteiger partial charge in [-0.05, 0) is 18.6 Å². The fourth-order valence-corrected chi connectivity index (χ4v) is 3.31. The number of anilines is 1. The maximum absolute atomic E-state index is 5.98. The minimum Gasteiger partial charge on any atom is -0.377 e. The Kier molecular flexibility index (Phi) is 2.93. The second-order valence-corrected chi connectivity index (χ2v) is 5.86. The van der Waals surface area contributed by atoms with Crippen molar-refractivity contribution in [1.29, 1.82) is 0 Å². The third kappa shape index (κ3) is 2.08. The van der Waals surface area contributed by atoms with E-state index >= 15 is 0 Å². The third-order valence-corrected chi connectivity index (χ3v) is 4.24. The molecule has 0 radical (unpaired) electrons. The van der Waals surface area contributed by atoms with Gasteiger partial charge in [0.05, 0.1) is 12.1 Å². The maximum Gasteiger partial charge on any atom is 0.194 e. The molecule has 2 aliphatic rings. The van der Waals surface area contributed by atoms with Crippen LogP contribution < -0.4 is 11.1 Å². The standard InChI is InChI=1S/C14H20N4O/c1-14(2)11(9-6-8-19-12(9)14)18-13(15)17-10-5-3-4-7-16-10/h3-5,7,9,11-12H,6,8H2,1-2H3,(H3,15,16,17,18). The van der Waals surface area contributed by atoms with Crippen molar-refractivity contribution in [3.05, 3.63) is 24.4 Å². The zero-order chi connectivity index (χ0) is 13.5. The Hall–Kier alpha value is -1.62. The highest BCUT2D eigenvalue weighted by Crippen LogP contribution is 2.53. The van der Waals surface area contributed by atoms with Crippen molar-refractivity contribution in [2.75, 3.05) is 11.9 Å². The first-order valence-corrected chi connectivity index (χ1v) is 6.72. The second-order valence-electron chi connectivity index (χ2n) is 5.86. The number of nitrogens with two attached hydrogens (primary N) is 1. The van der Waals surface area contributed by atoms with Crippen molar-refractivity contribution in [2.24, 2.45) is 22.1 Å². The van der Waals surface area contributed by atoms with Gasteiger partial charge < -0.3 is 15.8 Å². The lowest BCUT2D eigenvalue weighted by molar-refractivity contribution is -0.0985. The van der Waals surface area contributed by atoms with E-state index in [2.05, 4.69) is 29.1 Å². The normalized spacial score (nSPS) is 32.5. The number of hydrogen-bond donors (Lipinski definition) is 2. The van der Waals surface area contributed by atoms with Gasteiger partial charge in [-0.15, -0.1) is 0 Å². The number of fused-ring (bicyclic) bond motifs is 1. The summed E-state index contributed by atoms with van der Waals surface area (Å²) in [6.07, 6.45) is 3.15. The third-order valence-electron chi connectivity index (χ3n) is 4.24. The van der Waals surface area contributed by atoms with Crippen molar-refractivity contribution in [3.8, 4) is 0 Å². The van der Waals surface area contributed by atoms with Crippen LogP contribution in [0.2, 0.25) is 0 Å². The number of aromatic nitrogens is 1. The Bertz CT molecular complexity index is 485. The number of guanidine groups is 1. The largest absolute Gasteiger partial charge is 0.377 e. The van der Waals surface area contributed by atoms with Gasteiger partial charge in [0, 0.05) is 24.1 Å². The lowest BCUT2D eigenvalue weighted by Gasteiger charge is -2.52. The second kappa shape index (κ2) is 4.49. The Labute approximate surface area is 113 Å². The van der Waals surface area contributed by atoms with Crippen molar-refractivity contribution in [3.63, 3.8) is 0 Å². The molecule has 0 spiro atoms. The van der Waals surface area contributed by atoms with E-state index in [4.69, 9.17) is 10.5 Å². The van der Waals surface area contributed by atoms with Crippen LogP contribution in [0, 0.1) is 11.3 Å². The molecule has 0 bridgehead atoms. The van der Waals surface area contributed by atoms with Crippen LogP contribution in [0.3, 0.4) is 0 Å². The minimum atomic E-state index is 0.0670. The molecule has 3 rings (SSSR count). The Morgan fingerprint density at radius 1 is 1.53 bits per heavy atom. The predicted molar refractivity (Wildman–Crippen MR) is 74.9 cm³/mol. The Balaban J connectivity index is 1.71. The molecule has 1 aromatic heterocycles. The lowest BCUT2D eigenvalue weighted by atomic mass is 9.57. The van der Waals surface area contributed by atoms with E-state index in [1.807, 2.05) is 18.2 Å². The lowest BCUT2D eigenvalue weighted by Crippen LogP contribution is -2.59. The first-order valence-electron chi connectivity index (χ1n) is 6.72. The zero-order valence-electron chi connectivity index (χ0n) is 11.3. The highest BCUT2D eigenvalue weighted by atomic mass is 16.5. The van der Waals surface area contributed by atoms with Gasteiger partial charge in [-0.3, -0.25) is 0 Å². The number of hydrogen-bond acceptors (Lipinski definition) is 3. The number of rotatable bonds is 2. The Morgan fingerprint density at radius 3 is 3.11 bits per heavy atom. The van der Waals surface area contributed by atoms with E-state index in [0.717, 1.165) is 18.8 Å². The molecule has 1 aromatic rings. The molecule has 1 aliphatic carbocycles. The average Bonchev–Trinajstić information content (AvgIpc) is 2.84. The van der Waals surface area contributed by atoms with Crippen LogP contribution in [-0.4, -0.2) is 29.7 Å². The summed E-state index contributed by atoms with van der Waals surface area (Å²) in [4.78, 5) is 8.81. The minimum absolute atomic E-state index is 0.0670. The summed E-state index contributed by atoms with van der Waals surface area (Å²) in [5, 5.41) is 3.03. The molecular weight excluding hydrogens is 240 g/mol. The first-order chi connectivity index (χ1) is 9.09. The molecule has 3 atom stereocenters. The zero-order valence-corrected chi connectivity index (χ0v) is 11.3. The fraction of sp³-hybridized carbons (Fsp3) is 0.571. The van der Waals surface area contributed by atoms with Gasteiger partial charge in [-0.25, -0.2) is 9.98 Å². The van der Waals surface area contributed by atoms with Crippen LogP contribution in [0.4, 0.5) is 5.82 Å². The van der Waals surface area contributed by atoms with Gasteiger partial charge in [0.2, 0.25) is 0 Å². The van der Waals surface area contributed by atoms with Crippen molar-refractivity contribution in [2.45, 2.75) is 32.4 Å². The van der Waals surface area contributed by atoms with Gasteiger partial charge in [-0.2, -0.15) is 0 Å². The monoisotopic (exact) mass is 260 g/mol. The van der Waals surface area contributed by atoms with E-state index in [9.17, 15) is 0 Å². The molecule has 0 amide bonds. The van der Waals surface area contributed by atoms with Crippen LogP contribution in [-0.2, 0) is 4.74 Å². The van der Waals surface area contributed by atoms with E-state index in [1.54, 1.807) is 6.20 Å². The molecule has 1 aliphatic heterocycles. The number of nitrogens with zero attached hydrogens (tertiary/aromatic N) is 2. The van der Waals surface area contributed by atoms with Gasteiger partial charge in [-0.1, -0.05) is 19.9 Å². The summed E-state index contributed by atoms with van der Waals surface area (Å²) in [5.41, 5.74) is 6.05. The molecule has 1 saturated carbocycles. The van der Waals surface area contributed by atoms with E-state index in [-0.39, 0.29) is 11.5 Å². The molecule has 5 nitrogen and oxygen atoms in total. The summed E-state index contributed by atoms with van der Waals surface area (Å²) in [7, 11) is 0. The van der Waals surface area contributed by atoms with Crippen LogP contribution >= 0.6 is 0 Å². The van der Waals surface area contributed by atoms with Gasteiger partial charge >= 0.3 is 0 Å². The Morgan fingerprint density at radius 2 is 2.37 bits per heavy atom. The molecule has 1 saturated heterocycles. The number of nitrogens with one attached hydrogen (secondary N) is 1. The number of pyridine rings is 1. The highest BCUT2D eigenvalue weighted by molar-refractivity contribution is 5.91. The summed E-state index contributed by atoms with van der Waals surface area (Å²) < 4.78 is 5.75. The number of ether oxygens (including phenoxy) is 1. The predicted octanol–water partition coefficient (Wildman–Crippen LogP) is 1.62. The van der Waals surface area contributed by atoms with Crippen molar-refractivity contribution < 1.29 is 4.74 Å². The molecule has 2 heterocycles. The van der Waals surface area contributed by atoms with E-state index < -0.39 is 0 Å².